The van der Waals surface area contributed by atoms with Gasteiger partial charge in [-0.25, -0.2) is 0 Å². The quantitative estimate of drug-likeness (QED) is 0.854. The number of piperidine rings is 1. The lowest BCUT2D eigenvalue weighted by atomic mass is 9.97. The molecule has 1 aliphatic carbocycles. The molecule has 2 heterocycles. The zero-order chi connectivity index (χ0) is 17.3. The van der Waals surface area contributed by atoms with E-state index in [0.717, 1.165) is 0 Å². The number of halogens is 2. The molecule has 4 rings (SSSR count). The highest BCUT2D eigenvalue weighted by Crippen LogP contribution is 2.68. The fraction of sp³-hybridized carbons (Fsp3) is 0.467. The number of carboxylic acid groups (broad SMARTS) is 2. The Morgan fingerprint density at radius 1 is 1.08 bits per heavy atom. The molecule has 2 N–H and O–H groups in total. The average Bonchev–Trinajstić information content (AvgIpc) is 2.85. The number of nitrogens with zero attached hydrogens (tertiary/aromatic N) is 1. The number of alkyl halides is 2. The third-order valence-electron chi connectivity index (χ3n) is 5.07. The van der Waals surface area contributed by atoms with Gasteiger partial charge in [0.05, 0.1) is 10.8 Å². The first-order valence-electron chi connectivity index (χ1n) is 7.25. The first-order valence-corrected chi connectivity index (χ1v) is 7.25. The van der Waals surface area contributed by atoms with Crippen molar-refractivity contribution in [3.05, 3.63) is 23.8 Å². The normalized spacial score (nSPS) is 32.4. The van der Waals surface area contributed by atoms with Gasteiger partial charge in [0, 0.05) is 19.6 Å². The first-order chi connectivity index (χ1) is 11.2. The smallest absolute Gasteiger partial charge is 0.481 e. The molecule has 2 fully saturated rings. The lowest BCUT2D eigenvalue weighted by molar-refractivity contribution is -0.286. The van der Waals surface area contributed by atoms with Crippen molar-refractivity contribution in [1.29, 1.82) is 0 Å². The highest BCUT2D eigenvalue weighted by Gasteiger charge is 2.80. The van der Waals surface area contributed by atoms with Crippen molar-refractivity contribution in [2.24, 2.45) is 10.8 Å². The number of benzene rings is 1. The highest BCUT2D eigenvalue weighted by molar-refractivity contribution is 5.94. The molecule has 1 saturated carbocycles. The molecule has 0 bridgehead atoms. The molecule has 0 radical (unpaired) electrons. The molecule has 0 aromatic heterocycles. The summed E-state index contributed by atoms with van der Waals surface area (Å²) in [7, 11) is 0. The SMILES string of the molecule is O=C(O)[C@@]12CN(Cc3ccc4c(c3)OC(F)(F)O4)C[C@]1(C(=O)O)C2. The molecule has 1 aromatic carbocycles. The van der Waals surface area contributed by atoms with Gasteiger partial charge in [-0.3, -0.25) is 14.5 Å². The van der Waals surface area contributed by atoms with Gasteiger partial charge in [0.25, 0.3) is 0 Å². The van der Waals surface area contributed by atoms with Crippen LogP contribution in [-0.4, -0.2) is 46.4 Å². The number of hydrogen-bond acceptors (Lipinski definition) is 5. The lowest BCUT2D eigenvalue weighted by Crippen LogP contribution is -2.28. The van der Waals surface area contributed by atoms with Crippen LogP contribution < -0.4 is 9.47 Å². The number of aliphatic carboxylic acids is 2. The summed E-state index contributed by atoms with van der Waals surface area (Å²) in [6.07, 6.45) is -3.58. The number of rotatable bonds is 4. The first kappa shape index (κ1) is 15.1. The molecule has 0 amide bonds. The van der Waals surface area contributed by atoms with Gasteiger partial charge in [-0.05, 0) is 24.1 Å². The summed E-state index contributed by atoms with van der Waals surface area (Å²) < 4.78 is 34.7. The average molecular weight is 341 g/mol. The minimum Gasteiger partial charge on any atom is -0.481 e. The Bertz CT molecular complexity index is 740. The van der Waals surface area contributed by atoms with Gasteiger partial charge >= 0.3 is 18.2 Å². The minimum atomic E-state index is -3.70. The third kappa shape index (κ3) is 1.90. The Morgan fingerprint density at radius 3 is 2.25 bits per heavy atom. The fourth-order valence-electron chi connectivity index (χ4n) is 3.86. The van der Waals surface area contributed by atoms with Crippen molar-refractivity contribution in [1.82, 2.24) is 4.90 Å². The van der Waals surface area contributed by atoms with Crippen LogP contribution in [0.2, 0.25) is 0 Å². The summed E-state index contributed by atoms with van der Waals surface area (Å²) >= 11 is 0. The summed E-state index contributed by atoms with van der Waals surface area (Å²) in [6, 6.07) is 4.30. The number of fused-ring (bicyclic) bond motifs is 2. The van der Waals surface area contributed by atoms with Crippen LogP contribution in [0.1, 0.15) is 12.0 Å². The molecular formula is C15H13F2NO6. The molecule has 9 heteroatoms. The van der Waals surface area contributed by atoms with Crippen LogP contribution >= 0.6 is 0 Å². The van der Waals surface area contributed by atoms with Crippen molar-refractivity contribution >= 4 is 11.9 Å². The molecular weight excluding hydrogens is 328 g/mol. The number of carboxylic acids is 2. The molecule has 7 nitrogen and oxygen atoms in total. The summed E-state index contributed by atoms with van der Waals surface area (Å²) in [4.78, 5) is 24.7. The van der Waals surface area contributed by atoms with Gasteiger partial charge in [0.15, 0.2) is 11.5 Å². The number of carbonyl (C=O) groups is 2. The van der Waals surface area contributed by atoms with Crippen LogP contribution in [0.5, 0.6) is 11.5 Å². The van der Waals surface area contributed by atoms with Crippen molar-refractivity contribution in [3.63, 3.8) is 0 Å². The van der Waals surface area contributed by atoms with Gasteiger partial charge in [-0.2, -0.15) is 0 Å². The third-order valence-corrected chi connectivity index (χ3v) is 5.07. The van der Waals surface area contributed by atoms with E-state index in [9.17, 15) is 28.6 Å². The molecule has 0 unspecified atom stereocenters. The minimum absolute atomic E-state index is 0.0722. The fourth-order valence-corrected chi connectivity index (χ4v) is 3.86. The molecule has 1 aromatic rings. The lowest BCUT2D eigenvalue weighted by Gasteiger charge is -2.19. The standard InChI is InChI=1S/C15H13F2NO6/c16-15(17)23-9-2-1-8(3-10(9)24-15)4-18-6-13(11(19)20)5-14(13,7-18)12(21)22/h1-3H,4-7H2,(H,19,20)(H,21,22)/t13-,14+. The Hall–Kier alpha value is -2.42. The Kier molecular flexibility index (Phi) is 2.74. The molecule has 128 valence electrons. The maximum absolute atomic E-state index is 13.0. The summed E-state index contributed by atoms with van der Waals surface area (Å²) in [5.74, 6) is -2.39. The van der Waals surface area contributed by atoms with E-state index in [-0.39, 0.29) is 37.6 Å². The molecule has 24 heavy (non-hydrogen) atoms. The van der Waals surface area contributed by atoms with E-state index in [1.54, 1.807) is 11.0 Å². The van der Waals surface area contributed by atoms with Gasteiger partial charge in [0.1, 0.15) is 0 Å². The van der Waals surface area contributed by atoms with Gasteiger partial charge < -0.3 is 19.7 Å². The van der Waals surface area contributed by atoms with Gasteiger partial charge in [0.2, 0.25) is 0 Å². The van der Waals surface area contributed by atoms with Crippen molar-refractivity contribution in [2.75, 3.05) is 13.1 Å². The Morgan fingerprint density at radius 2 is 1.67 bits per heavy atom. The molecule has 2 atom stereocenters. The molecule has 1 saturated heterocycles. The van der Waals surface area contributed by atoms with Crippen LogP contribution in [0.25, 0.3) is 0 Å². The van der Waals surface area contributed by atoms with Crippen LogP contribution in [0.4, 0.5) is 8.78 Å². The predicted molar refractivity (Wildman–Crippen MR) is 72.7 cm³/mol. The maximum atomic E-state index is 13.0. The second-order valence-corrected chi connectivity index (χ2v) is 6.55. The van der Waals surface area contributed by atoms with E-state index in [1.165, 1.54) is 12.1 Å². The van der Waals surface area contributed by atoms with Gasteiger partial charge in [-0.15, -0.1) is 8.78 Å². The summed E-state index contributed by atoms with van der Waals surface area (Å²) in [5, 5.41) is 18.8. The van der Waals surface area contributed by atoms with Crippen LogP contribution in [0.3, 0.4) is 0 Å². The number of ether oxygens (including phenoxy) is 2. The Labute approximate surface area is 134 Å². The zero-order valence-corrected chi connectivity index (χ0v) is 12.3. The van der Waals surface area contributed by atoms with Crippen molar-refractivity contribution in [2.45, 2.75) is 19.3 Å². The monoisotopic (exact) mass is 341 g/mol. The highest BCUT2D eigenvalue weighted by atomic mass is 19.3. The van der Waals surface area contributed by atoms with Crippen LogP contribution in [-0.2, 0) is 16.1 Å². The number of likely N-dealkylation sites (tertiary alicyclic amines) is 1. The second-order valence-electron chi connectivity index (χ2n) is 6.55. The Balaban J connectivity index is 1.52. The maximum Gasteiger partial charge on any atom is 0.586 e. The molecule has 2 aliphatic heterocycles. The van der Waals surface area contributed by atoms with E-state index >= 15 is 0 Å². The van der Waals surface area contributed by atoms with Crippen LogP contribution in [0.15, 0.2) is 18.2 Å². The second kappa shape index (κ2) is 4.35. The predicted octanol–water partition coefficient (Wildman–Crippen LogP) is 1.37. The van der Waals surface area contributed by atoms with E-state index in [1.807, 2.05) is 0 Å². The van der Waals surface area contributed by atoms with E-state index in [0.29, 0.717) is 5.56 Å². The topological polar surface area (TPSA) is 96.3 Å². The molecule has 0 spiro atoms. The molecule has 3 aliphatic rings. The number of hydrogen-bond donors (Lipinski definition) is 2. The summed E-state index contributed by atoms with van der Waals surface area (Å²) in [5.41, 5.74) is -1.91. The summed E-state index contributed by atoms with van der Waals surface area (Å²) in [6.45, 7) is 0.463. The van der Waals surface area contributed by atoms with Crippen molar-refractivity contribution < 1.29 is 38.1 Å². The van der Waals surface area contributed by atoms with Crippen molar-refractivity contribution in [3.8, 4) is 11.5 Å². The van der Waals surface area contributed by atoms with Crippen LogP contribution in [0, 0.1) is 10.8 Å². The van der Waals surface area contributed by atoms with E-state index in [4.69, 9.17) is 0 Å². The largest absolute Gasteiger partial charge is 0.586 e. The van der Waals surface area contributed by atoms with E-state index in [2.05, 4.69) is 9.47 Å². The van der Waals surface area contributed by atoms with E-state index < -0.39 is 29.1 Å². The van der Waals surface area contributed by atoms with Gasteiger partial charge in [-0.1, -0.05) is 6.07 Å². The zero-order valence-electron chi connectivity index (χ0n) is 12.3.